The van der Waals surface area contributed by atoms with Crippen LogP contribution in [-0.2, 0) is 11.3 Å². The normalized spacial score (nSPS) is 17.4. The zero-order valence-electron chi connectivity index (χ0n) is 11.6. The smallest absolute Gasteiger partial charge is 0.265 e. The fourth-order valence-electron chi connectivity index (χ4n) is 2.13. The van der Waals surface area contributed by atoms with E-state index >= 15 is 0 Å². The second-order valence-electron chi connectivity index (χ2n) is 5.02. The van der Waals surface area contributed by atoms with E-state index in [0.29, 0.717) is 12.2 Å². The summed E-state index contributed by atoms with van der Waals surface area (Å²) < 4.78 is 5.05. The standard InChI is InChI=1S/C14H21N3O2/c1-16-7-9-17(10-8-16)15-14(18)13-5-3-12(4-6-13)11-19-2/h3-6H,7-11H2,1-2H3,(H,15,18)/p+1. The maximum Gasteiger partial charge on any atom is 0.265 e. The third kappa shape index (κ3) is 4.02. The van der Waals surface area contributed by atoms with Gasteiger partial charge in [-0.05, 0) is 17.7 Å². The van der Waals surface area contributed by atoms with Gasteiger partial charge in [0.05, 0.1) is 39.8 Å². The molecule has 1 saturated heterocycles. The Morgan fingerprint density at radius 3 is 2.53 bits per heavy atom. The number of rotatable bonds is 4. The van der Waals surface area contributed by atoms with Crippen LogP contribution in [0.25, 0.3) is 0 Å². The summed E-state index contributed by atoms with van der Waals surface area (Å²) in [6.45, 7) is 4.50. The lowest BCUT2D eigenvalue weighted by Gasteiger charge is -2.30. The number of hydrogen-bond donors (Lipinski definition) is 2. The van der Waals surface area contributed by atoms with Crippen molar-refractivity contribution in [2.75, 3.05) is 40.3 Å². The van der Waals surface area contributed by atoms with Crippen molar-refractivity contribution in [3.05, 3.63) is 35.4 Å². The predicted octanol–water partition coefficient (Wildman–Crippen LogP) is -0.692. The van der Waals surface area contributed by atoms with E-state index < -0.39 is 0 Å². The van der Waals surface area contributed by atoms with Crippen LogP contribution in [0.3, 0.4) is 0 Å². The zero-order chi connectivity index (χ0) is 13.7. The molecule has 5 nitrogen and oxygen atoms in total. The number of piperazine rings is 1. The number of amides is 1. The van der Waals surface area contributed by atoms with Gasteiger partial charge in [-0.2, -0.15) is 0 Å². The molecule has 0 bridgehead atoms. The van der Waals surface area contributed by atoms with Crippen LogP contribution in [0, 0.1) is 0 Å². The van der Waals surface area contributed by atoms with Crippen molar-refractivity contribution < 1.29 is 14.4 Å². The summed E-state index contributed by atoms with van der Waals surface area (Å²) in [5.41, 5.74) is 4.71. The highest BCUT2D eigenvalue weighted by Crippen LogP contribution is 2.05. The third-order valence-corrected chi connectivity index (χ3v) is 3.40. The number of carbonyl (C=O) groups excluding carboxylic acids is 1. The van der Waals surface area contributed by atoms with E-state index in [0.717, 1.165) is 31.7 Å². The Kier molecular flexibility index (Phi) is 4.90. The summed E-state index contributed by atoms with van der Waals surface area (Å²) in [5, 5.41) is 2.00. The Morgan fingerprint density at radius 1 is 1.32 bits per heavy atom. The van der Waals surface area contributed by atoms with Gasteiger partial charge >= 0.3 is 0 Å². The summed E-state index contributed by atoms with van der Waals surface area (Å²) in [5.74, 6) is -0.0384. The molecule has 2 rings (SSSR count). The van der Waals surface area contributed by atoms with E-state index in [1.165, 1.54) is 4.90 Å². The molecule has 1 aliphatic heterocycles. The first-order valence-corrected chi connectivity index (χ1v) is 6.64. The Balaban J connectivity index is 1.88. The first-order chi connectivity index (χ1) is 9.19. The van der Waals surface area contributed by atoms with Gasteiger partial charge in [0.25, 0.3) is 5.91 Å². The third-order valence-electron chi connectivity index (χ3n) is 3.40. The minimum Gasteiger partial charge on any atom is -0.380 e. The number of nitrogens with zero attached hydrogens (tertiary/aromatic N) is 1. The second-order valence-corrected chi connectivity index (χ2v) is 5.02. The monoisotopic (exact) mass is 264 g/mol. The van der Waals surface area contributed by atoms with Gasteiger partial charge in [0, 0.05) is 12.7 Å². The highest BCUT2D eigenvalue weighted by molar-refractivity contribution is 5.93. The van der Waals surface area contributed by atoms with E-state index in [1.807, 2.05) is 29.3 Å². The van der Waals surface area contributed by atoms with Gasteiger partial charge in [0.2, 0.25) is 0 Å². The lowest BCUT2D eigenvalue weighted by atomic mass is 10.1. The predicted molar refractivity (Wildman–Crippen MR) is 72.8 cm³/mol. The van der Waals surface area contributed by atoms with Crippen molar-refractivity contribution in [3.8, 4) is 0 Å². The molecule has 1 heterocycles. The Hall–Kier alpha value is -1.43. The van der Waals surface area contributed by atoms with Crippen LogP contribution < -0.4 is 10.3 Å². The average Bonchev–Trinajstić information content (AvgIpc) is 2.42. The highest BCUT2D eigenvalue weighted by Gasteiger charge is 2.18. The van der Waals surface area contributed by atoms with Crippen LogP contribution in [0.2, 0.25) is 0 Å². The molecule has 5 heteroatoms. The maximum absolute atomic E-state index is 12.1. The molecule has 19 heavy (non-hydrogen) atoms. The summed E-state index contributed by atoms with van der Waals surface area (Å²) in [4.78, 5) is 13.6. The molecular formula is C14H22N3O2+. The van der Waals surface area contributed by atoms with E-state index in [1.54, 1.807) is 7.11 Å². The zero-order valence-corrected chi connectivity index (χ0v) is 11.6. The molecule has 1 aliphatic rings. The highest BCUT2D eigenvalue weighted by atomic mass is 16.5. The first kappa shape index (κ1) is 14.0. The molecule has 1 aromatic carbocycles. The summed E-state index contributed by atoms with van der Waals surface area (Å²) in [6, 6.07) is 7.52. The maximum atomic E-state index is 12.1. The Morgan fingerprint density at radius 2 is 1.95 bits per heavy atom. The number of likely N-dealkylation sites (N-methyl/N-ethyl adjacent to an activating group) is 1. The minimum absolute atomic E-state index is 0.0384. The van der Waals surface area contributed by atoms with E-state index in [4.69, 9.17) is 4.74 Å². The minimum atomic E-state index is -0.0384. The molecule has 1 fully saturated rings. The molecule has 0 unspecified atom stereocenters. The van der Waals surface area contributed by atoms with Crippen LogP contribution in [0.15, 0.2) is 24.3 Å². The number of quaternary nitrogens is 1. The van der Waals surface area contributed by atoms with Crippen LogP contribution >= 0.6 is 0 Å². The topological polar surface area (TPSA) is 46.0 Å². The SMILES string of the molecule is COCc1ccc(C(=O)NN2CC[NH+](C)CC2)cc1. The van der Waals surface area contributed by atoms with Gasteiger partial charge < -0.3 is 9.64 Å². The van der Waals surface area contributed by atoms with Gasteiger partial charge in [0.1, 0.15) is 0 Å². The molecule has 0 aromatic heterocycles. The molecular weight excluding hydrogens is 242 g/mol. The van der Waals surface area contributed by atoms with Crippen molar-refractivity contribution in [2.45, 2.75) is 6.61 Å². The van der Waals surface area contributed by atoms with E-state index in [9.17, 15) is 4.79 Å². The molecule has 0 atom stereocenters. The molecule has 1 aromatic rings. The van der Waals surface area contributed by atoms with Crippen molar-refractivity contribution >= 4 is 5.91 Å². The summed E-state index contributed by atoms with van der Waals surface area (Å²) >= 11 is 0. The van der Waals surface area contributed by atoms with E-state index in [2.05, 4.69) is 12.5 Å². The first-order valence-electron chi connectivity index (χ1n) is 6.64. The number of benzene rings is 1. The van der Waals surface area contributed by atoms with Crippen LogP contribution in [0.4, 0.5) is 0 Å². The van der Waals surface area contributed by atoms with Crippen LogP contribution in [0.5, 0.6) is 0 Å². The largest absolute Gasteiger partial charge is 0.380 e. The number of hydrogen-bond acceptors (Lipinski definition) is 3. The number of carbonyl (C=O) groups is 1. The molecule has 104 valence electrons. The average molecular weight is 264 g/mol. The summed E-state index contributed by atoms with van der Waals surface area (Å²) in [6.07, 6.45) is 0. The Bertz CT molecular complexity index is 411. The van der Waals surface area contributed by atoms with Crippen LogP contribution in [-0.4, -0.2) is 51.3 Å². The Labute approximate surface area is 114 Å². The molecule has 1 amide bonds. The molecule has 0 spiro atoms. The summed E-state index contributed by atoms with van der Waals surface area (Å²) in [7, 11) is 3.84. The van der Waals surface area contributed by atoms with Crippen molar-refractivity contribution in [1.82, 2.24) is 10.4 Å². The molecule has 0 radical (unpaired) electrons. The van der Waals surface area contributed by atoms with Crippen LogP contribution in [0.1, 0.15) is 15.9 Å². The van der Waals surface area contributed by atoms with Crippen molar-refractivity contribution in [1.29, 1.82) is 0 Å². The van der Waals surface area contributed by atoms with E-state index in [-0.39, 0.29) is 5.91 Å². The number of ether oxygens (including phenoxy) is 1. The molecule has 0 saturated carbocycles. The second kappa shape index (κ2) is 6.65. The number of methoxy groups -OCH3 is 1. The van der Waals surface area contributed by atoms with Crippen molar-refractivity contribution in [3.63, 3.8) is 0 Å². The van der Waals surface area contributed by atoms with Gasteiger partial charge in [-0.1, -0.05) is 12.1 Å². The fourth-order valence-corrected chi connectivity index (χ4v) is 2.13. The molecule has 0 aliphatic carbocycles. The van der Waals surface area contributed by atoms with Crippen molar-refractivity contribution in [2.24, 2.45) is 0 Å². The van der Waals surface area contributed by atoms with Gasteiger partial charge in [0.15, 0.2) is 0 Å². The lowest BCUT2D eigenvalue weighted by Crippen LogP contribution is -3.12. The van der Waals surface area contributed by atoms with Gasteiger partial charge in [-0.25, -0.2) is 5.01 Å². The number of hydrazine groups is 1. The van der Waals surface area contributed by atoms with Gasteiger partial charge in [-0.3, -0.25) is 10.2 Å². The van der Waals surface area contributed by atoms with Gasteiger partial charge in [-0.15, -0.1) is 0 Å². The number of nitrogens with one attached hydrogen (secondary N) is 2. The molecule has 2 N–H and O–H groups in total. The quantitative estimate of drug-likeness (QED) is 0.756. The lowest BCUT2D eigenvalue weighted by molar-refractivity contribution is -0.884. The fraction of sp³-hybridized carbons (Fsp3) is 0.500.